The highest BCUT2D eigenvalue weighted by Gasteiger charge is 2.16. The molecule has 0 aliphatic heterocycles. The van der Waals surface area contributed by atoms with Crippen molar-refractivity contribution < 1.29 is 9.84 Å². The molecule has 1 heterocycles. The highest BCUT2D eigenvalue weighted by atomic mass is 32.1. The highest BCUT2D eigenvalue weighted by Crippen LogP contribution is 2.19. The smallest absolute Gasteiger partial charge is 0.108 e. The monoisotopic (exact) mass is 343 g/mol. The Labute approximate surface area is 148 Å². The molecule has 0 saturated carbocycles. The van der Waals surface area contributed by atoms with Crippen molar-refractivity contribution in [2.24, 2.45) is 5.73 Å². The molecule has 3 N–H and O–H groups in total. The quantitative estimate of drug-likeness (QED) is 0.599. The molecule has 1 aromatic carbocycles. The second-order valence-electron chi connectivity index (χ2n) is 6.36. The molecule has 4 heteroatoms. The number of hydrogen-bond donors (Lipinski definition) is 2. The summed E-state index contributed by atoms with van der Waals surface area (Å²) in [6.07, 6.45) is 1.63. The lowest BCUT2D eigenvalue weighted by Gasteiger charge is -2.20. The molecule has 1 unspecified atom stereocenters. The molecule has 0 amide bonds. The van der Waals surface area contributed by atoms with Crippen molar-refractivity contribution in [3.63, 3.8) is 0 Å². The second kappa shape index (κ2) is 9.00. The van der Waals surface area contributed by atoms with Crippen molar-refractivity contribution in [3.8, 4) is 11.8 Å². The normalized spacial score (nSPS) is 13.2. The molecule has 0 aliphatic carbocycles. The van der Waals surface area contributed by atoms with Crippen LogP contribution in [0.1, 0.15) is 34.2 Å². The molecule has 0 aliphatic rings. The summed E-state index contributed by atoms with van der Waals surface area (Å²) in [5.41, 5.74) is 7.85. The minimum absolute atomic E-state index is 0.00333. The maximum absolute atomic E-state index is 9.18. The van der Waals surface area contributed by atoms with Gasteiger partial charge in [-0.2, -0.15) is 0 Å². The van der Waals surface area contributed by atoms with Crippen LogP contribution in [0.15, 0.2) is 36.4 Å². The van der Waals surface area contributed by atoms with E-state index in [1.807, 2.05) is 13.0 Å². The van der Waals surface area contributed by atoms with Crippen molar-refractivity contribution in [1.82, 2.24) is 0 Å². The molecule has 3 nitrogen and oxygen atoms in total. The van der Waals surface area contributed by atoms with E-state index in [2.05, 4.69) is 49.1 Å². The van der Waals surface area contributed by atoms with Crippen LogP contribution in [0.5, 0.6) is 0 Å². The third kappa shape index (κ3) is 6.46. The van der Waals surface area contributed by atoms with Crippen LogP contribution >= 0.6 is 11.3 Å². The van der Waals surface area contributed by atoms with Gasteiger partial charge in [-0.25, -0.2) is 0 Å². The van der Waals surface area contributed by atoms with Crippen molar-refractivity contribution in [2.45, 2.75) is 38.8 Å². The summed E-state index contributed by atoms with van der Waals surface area (Å²) in [7, 11) is 0. The van der Waals surface area contributed by atoms with Crippen LogP contribution in [0.3, 0.4) is 0 Å². The van der Waals surface area contributed by atoms with Gasteiger partial charge in [0, 0.05) is 10.4 Å². The van der Waals surface area contributed by atoms with E-state index in [1.165, 1.54) is 10.4 Å². The Balaban J connectivity index is 1.74. The van der Waals surface area contributed by atoms with E-state index in [9.17, 15) is 5.11 Å². The number of nitrogens with two attached hydrogens (primary N) is 1. The van der Waals surface area contributed by atoms with E-state index in [1.54, 1.807) is 11.3 Å². The minimum Gasteiger partial charge on any atom is -0.394 e. The van der Waals surface area contributed by atoms with Gasteiger partial charge in [-0.1, -0.05) is 41.7 Å². The summed E-state index contributed by atoms with van der Waals surface area (Å²) >= 11 is 1.67. The van der Waals surface area contributed by atoms with Gasteiger partial charge in [0.05, 0.1) is 18.1 Å². The Morgan fingerprint density at radius 1 is 1.21 bits per heavy atom. The molecule has 0 fully saturated rings. The van der Waals surface area contributed by atoms with Gasteiger partial charge in [0.2, 0.25) is 0 Å². The van der Waals surface area contributed by atoms with E-state index in [4.69, 9.17) is 10.5 Å². The lowest BCUT2D eigenvalue weighted by atomic mass is 9.98. The van der Waals surface area contributed by atoms with Gasteiger partial charge in [-0.3, -0.25) is 0 Å². The third-order valence-corrected chi connectivity index (χ3v) is 4.80. The standard InChI is InChI=1S/C20H25NO2S/c1-16-5-7-17(8-6-16)14-23-13-3-4-18-9-10-19(24-18)11-12-20(2,21)15-22/h5-10,22H,11-15,21H2,1-2H3. The van der Waals surface area contributed by atoms with Crippen LogP contribution in [-0.2, 0) is 17.8 Å². The average Bonchev–Trinajstić information content (AvgIpc) is 3.02. The number of aryl methyl sites for hydroxylation is 2. The number of hydrogen-bond acceptors (Lipinski definition) is 4. The Hall–Kier alpha value is -1.64. The fraction of sp³-hybridized carbons (Fsp3) is 0.400. The van der Waals surface area contributed by atoms with Crippen LogP contribution in [0.2, 0.25) is 0 Å². The molecule has 2 rings (SSSR count). The van der Waals surface area contributed by atoms with Gasteiger partial charge in [-0.05, 0) is 44.4 Å². The number of benzene rings is 1. The SMILES string of the molecule is Cc1ccc(COCC#Cc2ccc(CCC(C)(N)CO)s2)cc1. The predicted molar refractivity (Wildman–Crippen MR) is 100 cm³/mol. The largest absolute Gasteiger partial charge is 0.394 e. The van der Waals surface area contributed by atoms with Crippen molar-refractivity contribution >= 4 is 11.3 Å². The van der Waals surface area contributed by atoms with Crippen molar-refractivity contribution in [1.29, 1.82) is 0 Å². The van der Waals surface area contributed by atoms with Crippen LogP contribution in [0.4, 0.5) is 0 Å². The first-order valence-electron chi connectivity index (χ1n) is 8.09. The molecular weight excluding hydrogens is 318 g/mol. The first-order valence-corrected chi connectivity index (χ1v) is 8.91. The van der Waals surface area contributed by atoms with Crippen LogP contribution in [0, 0.1) is 18.8 Å². The second-order valence-corrected chi connectivity index (χ2v) is 7.53. The fourth-order valence-electron chi connectivity index (χ4n) is 2.09. The molecule has 0 saturated heterocycles. The van der Waals surface area contributed by atoms with Crippen LogP contribution in [0.25, 0.3) is 0 Å². The summed E-state index contributed by atoms with van der Waals surface area (Å²) in [4.78, 5) is 2.27. The van der Waals surface area contributed by atoms with E-state index in [0.29, 0.717) is 13.2 Å². The van der Waals surface area contributed by atoms with E-state index >= 15 is 0 Å². The molecule has 0 radical (unpaired) electrons. The van der Waals surface area contributed by atoms with Gasteiger partial charge in [0.25, 0.3) is 0 Å². The molecule has 24 heavy (non-hydrogen) atoms. The minimum atomic E-state index is -0.514. The Bertz CT molecular complexity index is 692. The van der Waals surface area contributed by atoms with Gasteiger partial charge >= 0.3 is 0 Å². The topological polar surface area (TPSA) is 55.5 Å². The van der Waals surface area contributed by atoms with Crippen LogP contribution < -0.4 is 5.73 Å². The molecule has 0 bridgehead atoms. The van der Waals surface area contributed by atoms with E-state index < -0.39 is 5.54 Å². The zero-order chi connectivity index (χ0) is 17.4. The summed E-state index contributed by atoms with van der Waals surface area (Å²) in [5.74, 6) is 6.19. The summed E-state index contributed by atoms with van der Waals surface area (Å²) in [6, 6.07) is 12.4. The fourth-order valence-corrected chi connectivity index (χ4v) is 2.98. The predicted octanol–water partition coefficient (Wildman–Crippen LogP) is 3.27. The van der Waals surface area contributed by atoms with Gasteiger partial charge < -0.3 is 15.6 Å². The number of aliphatic hydroxyl groups is 1. The summed E-state index contributed by atoms with van der Waals surface area (Å²) in [6.45, 7) is 4.95. The number of thiophene rings is 1. The lowest BCUT2D eigenvalue weighted by Crippen LogP contribution is -2.40. The average molecular weight is 343 g/mol. The maximum Gasteiger partial charge on any atom is 0.108 e. The molecule has 128 valence electrons. The van der Waals surface area contributed by atoms with E-state index in [0.717, 1.165) is 23.3 Å². The first-order chi connectivity index (χ1) is 11.5. The zero-order valence-corrected chi connectivity index (χ0v) is 15.2. The Kier molecular flexibility index (Phi) is 7.01. The maximum atomic E-state index is 9.18. The lowest BCUT2D eigenvalue weighted by molar-refractivity contribution is 0.153. The summed E-state index contributed by atoms with van der Waals surface area (Å²) in [5, 5.41) is 9.18. The van der Waals surface area contributed by atoms with Gasteiger partial charge in [0.15, 0.2) is 0 Å². The van der Waals surface area contributed by atoms with Gasteiger partial charge in [-0.15, -0.1) is 11.3 Å². The van der Waals surface area contributed by atoms with Crippen LogP contribution in [-0.4, -0.2) is 23.9 Å². The summed E-state index contributed by atoms with van der Waals surface area (Å²) < 4.78 is 5.58. The molecule has 1 atom stereocenters. The van der Waals surface area contributed by atoms with Gasteiger partial charge in [0.1, 0.15) is 6.61 Å². The zero-order valence-electron chi connectivity index (χ0n) is 14.3. The van der Waals surface area contributed by atoms with Crippen molar-refractivity contribution in [2.75, 3.05) is 13.2 Å². The molecule has 2 aromatic rings. The molecular formula is C20H25NO2S. The molecule has 1 aromatic heterocycles. The van der Waals surface area contributed by atoms with E-state index in [-0.39, 0.29) is 6.61 Å². The molecule has 0 spiro atoms. The Morgan fingerprint density at radius 2 is 1.96 bits per heavy atom. The number of ether oxygens (including phenoxy) is 1. The highest BCUT2D eigenvalue weighted by molar-refractivity contribution is 7.12. The number of rotatable bonds is 7. The van der Waals surface area contributed by atoms with Crippen molar-refractivity contribution in [3.05, 3.63) is 57.3 Å². The Morgan fingerprint density at radius 3 is 2.67 bits per heavy atom. The third-order valence-electron chi connectivity index (χ3n) is 3.74. The first kappa shape index (κ1) is 18.7. The number of aliphatic hydroxyl groups excluding tert-OH is 1.